The van der Waals surface area contributed by atoms with Crippen molar-refractivity contribution in [3.8, 4) is 0 Å². The standard InChI is InChI=1S/C15H25N2O12P3.C14H22N3O8P.C5H12O5P2.C3H10O4P2.CH4/c1-9-7-17(15(21)16-14(9)20)13-6-11(19)12(26-13)8-25-30(3,22)28-32(5,24)29-31(4,23)27-10(2)18;1-9-7-17(14(20)15-13(9)19)12-6-10(18)11(25-12)8-24-26(21,22)16-2-4-23-5-3-16;1-5(6)9-12(4,8)10-11(2,3)7;1-8(2,4)7-9(3,5)6;/h7,11-13,19H,6,8H2,1-5H3,(H,16,20,21);7,10-12,18H,2-6,8H2,1H3,(H,21,22)(H,15,19,20);1-4H3;1-3H3,(H,5,6);1H4/p-1/t11?,12-,13-,30?,31?,32?;10?,11-,12-;;;/m11.../s1. The number of aliphatic hydroxyl groups is 2. The van der Waals surface area contributed by atoms with Crippen molar-refractivity contribution in [3.63, 3.8) is 0 Å². The Labute approximate surface area is 459 Å². The molecule has 0 amide bonds. The molecule has 2 aromatic rings. The third-order valence-corrected chi connectivity index (χ3v) is 23.1. The number of aromatic nitrogens is 4. The van der Waals surface area contributed by atoms with E-state index in [0.29, 0.717) is 18.8 Å². The normalized spacial score (nSPS) is 24.9. The van der Waals surface area contributed by atoms with E-state index in [1.165, 1.54) is 62.1 Å². The van der Waals surface area contributed by atoms with Crippen LogP contribution in [0.5, 0.6) is 0 Å². The largest absolute Gasteiger partial charge is 0.766 e. The molecule has 5 heterocycles. The fraction of sp³-hybridized carbons (Fsp3) is 0.737. The van der Waals surface area contributed by atoms with Crippen molar-refractivity contribution in [2.45, 2.75) is 84.8 Å². The van der Waals surface area contributed by atoms with Crippen LogP contribution in [0.25, 0.3) is 0 Å². The third kappa shape index (κ3) is 28.4. The van der Waals surface area contributed by atoms with Crippen molar-refractivity contribution >= 4 is 72.4 Å². The molecule has 80 heavy (non-hydrogen) atoms. The van der Waals surface area contributed by atoms with E-state index in [4.69, 9.17) is 36.8 Å². The van der Waals surface area contributed by atoms with Crippen LogP contribution >= 0.6 is 60.5 Å². The molecule has 5 rings (SSSR count). The second-order valence-corrected chi connectivity index (χ2v) is 36.1. The van der Waals surface area contributed by atoms with Gasteiger partial charge in [-0.2, -0.15) is 0 Å². The molecule has 3 aliphatic heterocycles. The molecule has 0 spiro atoms. The Balaban J connectivity index is 0.000000592. The van der Waals surface area contributed by atoms with Crippen LogP contribution in [0, 0.1) is 13.8 Å². The van der Waals surface area contributed by atoms with Crippen LogP contribution in [0.1, 0.15) is 57.7 Å². The van der Waals surface area contributed by atoms with E-state index in [9.17, 15) is 80.4 Å². The molecule has 464 valence electrons. The summed E-state index contributed by atoms with van der Waals surface area (Å²) in [4.78, 5) is 93.2. The van der Waals surface area contributed by atoms with Crippen LogP contribution in [-0.4, -0.2) is 175 Å². The molecule has 3 fully saturated rings. The highest BCUT2D eigenvalue weighted by molar-refractivity contribution is 7.72. The van der Waals surface area contributed by atoms with Gasteiger partial charge in [-0.3, -0.25) is 70.0 Å². The van der Waals surface area contributed by atoms with Crippen LogP contribution in [-0.2, 0) is 95.7 Å². The van der Waals surface area contributed by atoms with E-state index in [0.717, 1.165) is 51.7 Å². The van der Waals surface area contributed by atoms with Crippen molar-refractivity contribution in [3.05, 3.63) is 65.2 Å². The zero-order chi connectivity index (χ0) is 61.1. The predicted molar refractivity (Wildman–Crippen MR) is 286 cm³/mol. The second kappa shape index (κ2) is 30.6. The molecule has 2 aromatic heterocycles. The molecule has 0 bridgehead atoms. The minimum Gasteiger partial charge on any atom is -0.766 e. The van der Waals surface area contributed by atoms with Crippen LogP contribution in [0.2, 0.25) is 0 Å². The molecular formula is C38H72N5O29P8-. The molecular weight excluding hydrogens is 1240 g/mol. The quantitative estimate of drug-likeness (QED) is 0.125. The third-order valence-electron chi connectivity index (χ3n) is 9.40. The van der Waals surface area contributed by atoms with E-state index < -0.39 is 138 Å². The molecule has 0 aromatic carbocycles. The summed E-state index contributed by atoms with van der Waals surface area (Å²) in [7, 11) is -29.4. The number of ether oxygens (including phenoxy) is 3. The maximum atomic E-state index is 12.6. The molecule has 42 heteroatoms. The predicted octanol–water partition coefficient (Wildman–Crippen LogP) is 3.80. The van der Waals surface area contributed by atoms with Gasteiger partial charge in [-0.15, -0.1) is 0 Å². The number of aliphatic hydroxyl groups excluding tert-OH is 2. The number of carbonyl (C=O) groups excluding carboxylic acids is 2. The number of carbonyl (C=O) groups is 2. The van der Waals surface area contributed by atoms with E-state index in [1.807, 2.05) is 0 Å². The number of nitrogens with one attached hydrogen (secondary N) is 2. The summed E-state index contributed by atoms with van der Waals surface area (Å²) in [6.07, 6.45) is -3.15. The number of hydrogen-bond acceptors (Lipinski definition) is 28. The molecule has 3 aliphatic rings. The summed E-state index contributed by atoms with van der Waals surface area (Å²) < 4.78 is 150. The van der Waals surface area contributed by atoms with Crippen molar-refractivity contribution in [1.29, 1.82) is 0 Å². The number of morpholine rings is 1. The minimum atomic E-state index is -4.27. The summed E-state index contributed by atoms with van der Waals surface area (Å²) in [6.45, 7) is 15.3. The SMILES string of the molecule is C.CC(=O)OP(C)(=O)OP(C)(=O)OP(C)(=O)OC[C@H]1O[C@@H](n2cc(C)c(=O)[nH]c2=O)CC1O.CC(=O)OP(C)(=O)OP(C)(C)=O.CP(C)(=O)OP(C)(=O)O.Cc1cn([C@H]2CC(O)[C@@H](COP(=O)([O-])N3CCOCC3)O2)c(=O)[nH]c1=O. The van der Waals surface area contributed by atoms with Gasteiger partial charge in [-0.05, 0) is 13.8 Å². The van der Waals surface area contributed by atoms with Gasteiger partial charge in [-0.1, -0.05) is 7.43 Å². The summed E-state index contributed by atoms with van der Waals surface area (Å²) in [5, 5.41) is 20.3. The number of rotatable bonds is 19. The van der Waals surface area contributed by atoms with Gasteiger partial charge < -0.3 is 52.3 Å². The molecule has 12 atom stereocenters. The summed E-state index contributed by atoms with van der Waals surface area (Å²) >= 11 is 0. The Hall–Kier alpha value is -2.42. The average molecular weight is 1310 g/mol. The Morgan fingerprint density at radius 3 is 1.32 bits per heavy atom. The zero-order valence-corrected chi connectivity index (χ0v) is 52.3. The highest BCUT2D eigenvalue weighted by atomic mass is 31.3. The first kappa shape index (κ1) is 75.6. The van der Waals surface area contributed by atoms with Crippen LogP contribution < -0.4 is 27.4 Å². The van der Waals surface area contributed by atoms with E-state index in [1.54, 1.807) is 0 Å². The average Bonchev–Trinajstić information content (AvgIpc) is 3.79. The number of nitrogens with zero attached hydrogens (tertiary/aromatic N) is 3. The van der Waals surface area contributed by atoms with Gasteiger partial charge in [0.2, 0.25) is 22.5 Å². The van der Waals surface area contributed by atoms with E-state index >= 15 is 0 Å². The van der Waals surface area contributed by atoms with Crippen LogP contribution in [0.15, 0.2) is 31.6 Å². The maximum Gasteiger partial charge on any atom is 0.385 e. The van der Waals surface area contributed by atoms with Crippen LogP contribution in [0.3, 0.4) is 0 Å². The lowest BCUT2D eigenvalue weighted by atomic mass is 10.2. The number of aromatic amines is 2. The first-order valence-electron chi connectivity index (χ1n) is 22.8. The Bertz CT molecular complexity index is 3080. The van der Waals surface area contributed by atoms with Crippen molar-refractivity contribution in [1.82, 2.24) is 23.8 Å². The topological polar surface area (TPSA) is 469 Å². The number of aryl methyl sites for hydroxylation is 2. The fourth-order valence-corrected chi connectivity index (χ4v) is 20.2. The van der Waals surface area contributed by atoms with Gasteiger partial charge in [0.25, 0.3) is 11.1 Å². The summed E-state index contributed by atoms with van der Waals surface area (Å²) in [6, 6.07) is 0. The fourth-order valence-electron chi connectivity index (χ4n) is 6.73. The lowest BCUT2D eigenvalue weighted by Gasteiger charge is -2.37. The minimum absolute atomic E-state index is 0. The first-order valence-corrected chi connectivity index (χ1v) is 39.3. The van der Waals surface area contributed by atoms with Gasteiger partial charge in [0.1, 0.15) is 24.7 Å². The summed E-state index contributed by atoms with van der Waals surface area (Å²) in [5.74, 6) is -1.65. The Kier molecular flexibility index (Phi) is 28.9. The van der Waals surface area contributed by atoms with Gasteiger partial charge in [0, 0.05) is 110 Å². The summed E-state index contributed by atoms with van der Waals surface area (Å²) in [5.41, 5.74) is -1.87. The molecule has 34 nitrogen and oxygen atoms in total. The van der Waals surface area contributed by atoms with Gasteiger partial charge >= 0.3 is 61.3 Å². The zero-order valence-electron chi connectivity index (χ0n) is 45.2. The smallest absolute Gasteiger partial charge is 0.385 e. The van der Waals surface area contributed by atoms with Gasteiger partial charge in [0.15, 0.2) is 0 Å². The van der Waals surface area contributed by atoms with Crippen molar-refractivity contribution < 1.29 is 116 Å². The number of hydrogen-bond donors (Lipinski definition) is 5. The molecule has 0 radical (unpaired) electrons. The highest BCUT2D eigenvalue weighted by Crippen LogP contribution is 2.68. The lowest BCUT2D eigenvalue weighted by Crippen LogP contribution is -2.39. The van der Waals surface area contributed by atoms with Gasteiger partial charge in [-0.25, -0.2) is 36.3 Å². The molecule has 3 saturated heterocycles. The highest BCUT2D eigenvalue weighted by Gasteiger charge is 2.41. The lowest BCUT2D eigenvalue weighted by molar-refractivity contribution is -0.218. The molecule has 8 unspecified atom stereocenters. The molecule has 0 aliphatic carbocycles. The monoisotopic (exact) mass is 1310 g/mol. The van der Waals surface area contributed by atoms with Crippen molar-refractivity contribution in [2.24, 2.45) is 0 Å². The first-order chi connectivity index (χ1) is 35.6. The van der Waals surface area contributed by atoms with Crippen molar-refractivity contribution in [2.75, 3.05) is 99.5 Å². The second-order valence-electron chi connectivity index (χ2n) is 18.3. The van der Waals surface area contributed by atoms with E-state index in [-0.39, 0.29) is 45.5 Å². The Morgan fingerprint density at radius 1 is 0.613 bits per heavy atom. The molecule has 5 N–H and O–H groups in total. The number of H-pyrrole nitrogens is 2. The van der Waals surface area contributed by atoms with Gasteiger partial charge in [0.05, 0.1) is 52.0 Å². The van der Waals surface area contributed by atoms with E-state index in [2.05, 4.69) is 27.6 Å². The maximum absolute atomic E-state index is 12.6. The molecule has 0 saturated carbocycles. The van der Waals surface area contributed by atoms with Crippen LogP contribution in [0.4, 0.5) is 0 Å². The Morgan fingerprint density at radius 2 is 0.975 bits per heavy atom.